The lowest BCUT2D eigenvalue weighted by atomic mass is 10.1. The quantitative estimate of drug-likeness (QED) is 0.744. The first kappa shape index (κ1) is 17.3. The van der Waals surface area contributed by atoms with E-state index in [1.165, 1.54) is 12.1 Å². The van der Waals surface area contributed by atoms with E-state index in [-0.39, 0.29) is 11.7 Å². The van der Waals surface area contributed by atoms with Crippen molar-refractivity contribution in [1.29, 1.82) is 0 Å². The van der Waals surface area contributed by atoms with E-state index in [2.05, 4.69) is 25.3 Å². The maximum absolute atomic E-state index is 13.1. The van der Waals surface area contributed by atoms with Gasteiger partial charge in [0.1, 0.15) is 11.5 Å². The van der Waals surface area contributed by atoms with E-state index >= 15 is 0 Å². The minimum absolute atomic E-state index is 0.0730. The minimum Gasteiger partial charge on any atom is -0.365 e. The summed E-state index contributed by atoms with van der Waals surface area (Å²) >= 11 is 0. The van der Waals surface area contributed by atoms with Crippen molar-refractivity contribution in [3.63, 3.8) is 0 Å². The summed E-state index contributed by atoms with van der Waals surface area (Å²) in [5, 5.41) is 14.3. The van der Waals surface area contributed by atoms with Crippen LogP contribution < -0.4 is 4.90 Å². The van der Waals surface area contributed by atoms with Gasteiger partial charge in [-0.25, -0.2) is 4.39 Å². The van der Waals surface area contributed by atoms with Crippen LogP contribution in [0.1, 0.15) is 21.9 Å². The van der Waals surface area contributed by atoms with Crippen LogP contribution in [0, 0.1) is 19.7 Å². The van der Waals surface area contributed by atoms with E-state index in [0.29, 0.717) is 24.5 Å². The first-order valence-corrected chi connectivity index (χ1v) is 8.90. The fourth-order valence-electron chi connectivity index (χ4n) is 3.51. The molecule has 4 rings (SSSR count). The number of aryl methyl sites for hydroxylation is 2. The van der Waals surface area contributed by atoms with Crippen molar-refractivity contribution < 1.29 is 9.18 Å². The van der Waals surface area contributed by atoms with Gasteiger partial charge in [-0.1, -0.05) is 0 Å². The third-order valence-electron chi connectivity index (χ3n) is 4.92. The first-order chi connectivity index (χ1) is 13.0. The Hall–Kier alpha value is -3.16. The maximum atomic E-state index is 13.1. The van der Waals surface area contributed by atoms with Gasteiger partial charge in [-0.05, 0) is 44.2 Å². The van der Waals surface area contributed by atoms with Gasteiger partial charge in [0.2, 0.25) is 0 Å². The second kappa shape index (κ2) is 6.86. The van der Waals surface area contributed by atoms with E-state index < -0.39 is 0 Å². The fraction of sp³-hybridized carbons (Fsp3) is 0.316. The first-order valence-electron chi connectivity index (χ1n) is 8.90. The van der Waals surface area contributed by atoms with Crippen LogP contribution in [0.4, 0.5) is 10.1 Å². The van der Waals surface area contributed by atoms with Gasteiger partial charge in [0, 0.05) is 31.7 Å². The highest BCUT2D eigenvalue weighted by molar-refractivity contribution is 5.93. The van der Waals surface area contributed by atoms with Crippen LogP contribution in [0.15, 0.2) is 30.3 Å². The number of halogens is 1. The SMILES string of the molecule is Cc1n[nH]c(C)c1N1CCN(C(=O)c2cc(-c3ccc(F)cc3)n[nH]2)CC1. The van der Waals surface area contributed by atoms with E-state index in [1.54, 1.807) is 18.2 Å². The van der Waals surface area contributed by atoms with E-state index in [1.807, 2.05) is 18.7 Å². The lowest BCUT2D eigenvalue weighted by Gasteiger charge is -2.35. The summed E-state index contributed by atoms with van der Waals surface area (Å²) in [7, 11) is 0. The molecule has 7 nitrogen and oxygen atoms in total. The predicted molar refractivity (Wildman–Crippen MR) is 100 cm³/mol. The number of amides is 1. The van der Waals surface area contributed by atoms with Crippen molar-refractivity contribution >= 4 is 11.6 Å². The molecule has 0 bridgehead atoms. The second-order valence-electron chi connectivity index (χ2n) is 6.74. The van der Waals surface area contributed by atoms with Gasteiger partial charge in [-0.3, -0.25) is 15.0 Å². The van der Waals surface area contributed by atoms with Gasteiger partial charge in [0.05, 0.1) is 22.8 Å². The van der Waals surface area contributed by atoms with Crippen LogP contribution in [-0.4, -0.2) is 57.4 Å². The number of hydrogen-bond donors (Lipinski definition) is 2. The van der Waals surface area contributed by atoms with Crippen LogP contribution in [0.2, 0.25) is 0 Å². The number of hydrogen-bond acceptors (Lipinski definition) is 4. The zero-order chi connectivity index (χ0) is 19.0. The number of carbonyl (C=O) groups is 1. The Morgan fingerprint density at radius 1 is 1.04 bits per heavy atom. The van der Waals surface area contributed by atoms with Crippen molar-refractivity contribution in [3.05, 3.63) is 53.2 Å². The Bertz CT molecular complexity index is 933. The zero-order valence-corrected chi connectivity index (χ0v) is 15.3. The standard InChI is InChI=1S/C19H21FN6O/c1-12-18(13(2)22-21-12)25-7-9-26(10-8-25)19(27)17-11-16(23-24-17)14-3-5-15(20)6-4-14/h3-6,11H,7-10H2,1-2H3,(H,21,22)(H,23,24). The summed E-state index contributed by atoms with van der Waals surface area (Å²) in [6, 6.07) is 7.77. The number of piperazine rings is 1. The summed E-state index contributed by atoms with van der Waals surface area (Å²) < 4.78 is 13.1. The molecule has 2 aromatic heterocycles. The Balaban J connectivity index is 1.43. The van der Waals surface area contributed by atoms with Crippen molar-refractivity contribution in [3.8, 4) is 11.3 Å². The van der Waals surface area contributed by atoms with Gasteiger partial charge in [-0.15, -0.1) is 0 Å². The Morgan fingerprint density at radius 2 is 1.74 bits per heavy atom. The predicted octanol–water partition coefficient (Wildman–Crippen LogP) is 2.52. The molecule has 1 aliphatic rings. The summed E-state index contributed by atoms with van der Waals surface area (Å²) in [4.78, 5) is 16.9. The molecule has 1 fully saturated rings. The number of rotatable bonds is 3. The average molecular weight is 368 g/mol. The molecule has 1 aliphatic heterocycles. The van der Waals surface area contributed by atoms with E-state index in [9.17, 15) is 9.18 Å². The van der Waals surface area contributed by atoms with Crippen LogP contribution in [-0.2, 0) is 0 Å². The van der Waals surface area contributed by atoms with Gasteiger partial charge in [-0.2, -0.15) is 10.2 Å². The molecule has 0 spiro atoms. The zero-order valence-electron chi connectivity index (χ0n) is 15.3. The highest BCUT2D eigenvalue weighted by Crippen LogP contribution is 2.24. The maximum Gasteiger partial charge on any atom is 0.272 e. The normalized spacial score (nSPS) is 14.6. The summed E-state index contributed by atoms with van der Waals surface area (Å²) in [6.45, 7) is 6.77. The molecular weight excluding hydrogens is 347 g/mol. The summed E-state index contributed by atoms with van der Waals surface area (Å²) in [5.41, 5.74) is 4.99. The number of benzene rings is 1. The molecule has 2 N–H and O–H groups in total. The fourth-order valence-corrected chi connectivity index (χ4v) is 3.51. The molecule has 0 aliphatic carbocycles. The molecule has 1 aromatic carbocycles. The number of nitrogens with one attached hydrogen (secondary N) is 2. The summed E-state index contributed by atoms with van der Waals surface area (Å²) in [5.74, 6) is -0.372. The van der Waals surface area contributed by atoms with Crippen molar-refractivity contribution in [1.82, 2.24) is 25.3 Å². The van der Waals surface area contributed by atoms with Crippen molar-refractivity contribution in [2.75, 3.05) is 31.1 Å². The molecular formula is C19H21FN6O. The van der Waals surface area contributed by atoms with Gasteiger partial charge in [0.15, 0.2) is 0 Å². The lowest BCUT2D eigenvalue weighted by Crippen LogP contribution is -2.49. The molecule has 0 atom stereocenters. The highest BCUT2D eigenvalue weighted by atomic mass is 19.1. The number of nitrogens with zero attached hydrogens (tertiary/aromatic N) is 4. The number of H-pyrrole nitrogens is 2. The molecule has 1 saturated heterocycles. The molecule has 8 heteroatoms. The van der Waals surface area contributed by atoms with Crippen LogP contribution in [0.3, 0.4) is 0 Å². The van der Waals surface area contributed by atoms with Gasteiger partial charge in [0.25, 0.3) is 5.91 Å². The third-order valence-corrected chi connectivity index (χ3v) is 4.92. The Kier molecular flexibility index (Phi) is 4.39. The highest BCUT2D eigenvalue weighted by Gasteiger charge is 2.25. The molecule has 0 unspecified atom stereocenters. The molecule has 27 heavy (non-hydrogen) atoms. The number of aromatic amines is 2. The molecule has 3 heterocycles. The smallest absolute Gasteiger partial charge is 0.272 e. The van der Waals surface area contributed by atoms with Crippen LogP contribution in [0.5, 0.6) is 0 Å². The number of aromatic nitrogens is 4. The van der Waals surface area contributed by atoms with Crippen LogP contribution in [0.25, 0.3) is 11.3 Å². The average Bonchev–Trinajstić information content (AvgIpc) is 3.29. The second-order valence-corrected chi connectivity index (χ2v) is 6.74. The van der Waals surface area contributed by atoms with E-state index in [4.69, 9.17) is 0 Å². The van der Waals surface area contributed by atoms with Gasteiger partial charge >= 0.3 is 0 Å². The molecule has 1 amide bonds. The van der Waals surface area contributed by atoms with E-state index in [0.717, 1.165) is 35.7 Å². The topological polar surface area (TPSA) is 80.9 Å². The molecule has 3 aromatic rings. The Labute approximate surface area is 156 Å². The monoisotopic (exact) mass is 368 g/mol. The van der Waals surface area contributed by atoms with Crippen molar-refractivity contribution in [2.45, 2.75) is 13.8 Å². The lowest BCUT2D eigenvalue weighted by molar-refractivity contribution is 0.0741. The van der Waals surface area contributed by atoms with Crippen molar-refractivity contribution in [2.24, 2.45) is 0 Å². The number of anilines is 1. The number of carbonyl (C=O) groups excluding carboxylic acids is 1. The summed E-state index contributed by atoms with van der Waals surface area (Å²) in [6.07, 6.45) is 0. The molecule has 0 saturated carbocycles. The third kappa shape index (κ3) is 3.30. The van der Waals surface area contributed by atoms with Crippen LogP contribution >= 0.6 is 0 Å². The molecule has 140 valence electrons. The largest absolute Gasteiger partial charge is 0.365 e. The minimum atomic E-state index is -0.299. The molecule has 0 radical (unpaired) electrons. The van der Waals surface area contributed by atoms with Gasteiger partial charge < -0.3 is 9.80 Å². The Morgan fingerprint density at radius 3 is 2.37 bits per heavy atom.